The van der Waals surface area contributed by atoms with Gasteiger partial charge in [0.15, 0.2) is 11.5 Å². The molecule has 0 saturated heterocycles. The van der Waals surface area contributed by atoms with Gasteiger partial charge in [0.1, 0.15) is 11.8 Å². The van der Waals surface area contributed by atoms with Crippen LogP contribution in [0.2, 0.25) is 0 Å². The minimum atomic E-state index is -1.32. The number of amides is 2. The van der Waals surface area contributed by atoms with Crippen molar-refractivity contribution in [3.8, 4) is 17.2 Å². The van der Waals surface area contributed by atoms with Gasteiger partial charge >= 0.3 is 12.0 Å². The van der Waals surface area contributed by atoms with Gasteiger partial charge < -0.3 is 30.0 Å². The van der Waals surface area contributed by atoms with Gasteiger partial charge in [-0.3, -0.25) is 4.79 Å². The molecule has 9 nitrogen and oxygen atoms in total. The van der Waals surface area contributed by atoms with E-state index in [1.807, 2.05) is 0 Å². The third-order valence-corrected chi connectivity index (χ3v) is 3.02. The number of benzene rings is 1. The third-order valence-electron chi connectivity index (χ3n) is 3.02. The zero-order valence-electron chi connectivity index (χ0n) is 13.8. The first-order valence-corrected chi connectivity index (χ1v) is 6.92. The molecule has 0 bridgehead atoms. The molecule has 2 amide bonds. The van der Waals surface area contributed by atoms with Crippen molar-refractivity contribution in [2.75, 3.05) is 26.6 Å². The van der Waals surface area contributed by atoms with E-state index in [2.05, 4.69) is 10.6 Å². The highest BCUT2D eigenvalue weighted by atomic mass is 16.5. The Morgan fingerprint density at radius 2 is 1.62 bits per heavy atom. The number of carboxylic acids is 1. The summed E-state index contributed by atoms with van der Waals surface area (Å²) < 4.78 is 15.5. The van der Waals surface area contributed by atoms with Crippen molar-refractivity contribution in [1.29, 1.82) is 0 Å². The molecule has 0 aromatic heterocycles. The molecule has 0 spiro atoms. The number of anilines is 1. The summed E-state index contributed by atoms with van der Waals surface area (Å²) in [6, 6.07) is 0.881. The molecule has 0 heterocycles. The van der Waals surface area contributed by atoms with Crippen LogP contribution in [0.1, 0.15) is 13.3 Å². The lowest BCUT2D eigenvalue weighted by Gasteiger charge is -2.16. The molecule has 1 unspecified atom stereocenters. The molecule has 24 heavy (non-hydrogen) atoms. The van der Waals surface area contributed by atoms with E-state index in [1.54, 1.807) is 0 Å². The Kier molecular flexibility index (Phi) is 6.84. The van der Waals surface area contributed by atoms with Crippen LogP contribution in [-0.2, 0) is 9.59 Å². The van der Waals surface area contributed by atoms with Gasteiger partial charge in [-0.15, -0.1) is 0 Å². The quantitative estimate of drug-likeness (QED) is 0.651. The minimum absolute atomic E-state index is 0.300. The summed E-state index contributed by atoms with van der Waals surface area (Å²) in [5.41, 5.74) is 0.300. The molecule has 0 fully saturated rings. The highest BCUT2D eigenvalue weighted by molar-refractivity contribution is 5.94. The van der Waals surface area contributed by atoms with E-state index >= 15 is 0 Å². The van der Waals surface area contributed by atoms with E-state index in [9.17, 15) is 14.4 Å². The SMILES string of the molecule is COc1cc(NC(=O)NC(CC(C)=O)C(=O)O)cc(OC)c1OC. The second kappa shape index (κ2) is 8.61. The van der Waals surface area contributed by atoms with Crippen molar-refractivity contribution < 1.29 is 33.7 Å². The van der Waals surface area contributed by atoms with Gasteiger partial charge in [-0.2, -0.15) is 0 Å². The highest BCUT2D eigenvalue weighted by Crippen LogP contribution is 2.39. The molecule has 0 aliphatic carbocycles. The Labute approximate surface area is 138 Å². The molecule has 9 heteroatoms. The normalized spacial score (nSPS) is 11.2. The van der Waals surface area contributed by atoms with E-state index in [4.69, 9.17) is 19.3 Å². The van der Waals surface area contributed by atoms with E-state index in [0.29, 0.717) is 22.9 Å². The number of rotatable bonds is 8. The molecule has 0 aliphatic rings. The maximum absolute atomic E-state index is 12.0. The molecule has 1 aromatic rings. The third kappa shape index (κ3) is 5.04. The summed E-state index contributed by atoms with van der Waals surface area (Å²) in [5.74, 6) is -0.650. The lowest BCUT2D eigenvalue weighted by molar-refractivity contribution is -0.140. The summed E-state index contributed by atoms with van der Waals surface area (Å²) in [6.07, 6.45) is -0.308. The number of carbonyl (C=O) groups is 3. The number of urea groups is 1. The van der Waals surface area contributed by atoms with Crippen LogP contribution in [0.15, 0.2) is 12.1 Å². The average Bonchev–Trinajstić information content (AvgIpc) is 2.52. The number of Topliss-reactive ketones (excluding diaryl/α,β-unsaturated/α-hetero) is 1. The number of carboxylic acid groups (broad SMARTS) is 1. The average molecular weight is 340 g/mol. The van der Waals surface area contributed by atoms with Crippen LogP contribution < -0.4 is 24.8 Å². The van der Waals surface area contributed by atoms with E-state index in [0.717, 1.165) is 0 Å². The minimum Gasteiger partial charge on any atom is -0.493 e. The van der Waals surface area contributed by atoms with Crippen LogP contribution in [0, 0.1) is 0 Å². The van der Waals surface area contributed by atoms with Gasteiger partial charge in [0.2, 0.25) is 5.75 Å². The van der Waals surface area contributed by atoms with E-state index in [1.165, 1.54) is 40.4 Å². The first-order chi connectivity index (χ1) is 11.3. The Bertz CT molecular complexity index is 605. The van der Waals surface area contributed by atoms with Crippen molar-refractivity contribution in [2.24, 2.45) is 0 Å². The molecule has 132 valence electrons. The molecular weight excluding hydrogens is 320 g/mol. The van der Waals surface area contributed by atoms with Crippen molar-refractivity contribution in [2.45, 2.75) is 19.4 Å². The second-order valence-corrected chi connectivity index (χ2v) is 4.81. The standard InChI is InChI=1S/C15H20N2O7/c1-8(18)5-10(14(19)20)17-15(21)16-9-6-11(22-2)13(24-4)12(7-9)23-3/h6-7,10H,5H2,1-4H3,(H,19,20)(H2,16,17,21). The summed E-state index contributed by atoms with van der Waals surface area (Å²) in [6.45, 7) is 1.24. The Balaban J connectivity index is 2.93. The number of hydrogen-bond acceptors (Lipinski definition) is 6. The van der Waals surface area contributed by atoms with E-state index < -0.39 is 18.0 Å². The fraction of sp³-hybridized carbons (Fsp3) is 0.400. The first-order valence-electron chi connectivity index (χ1n) is 6.92. The van der Waals surface area contributed by atoms with Gasteiger partial charge in [-0.25, -0.2) is 9.59 Å². The highest BCUT2D eigenvalue weighted by Gasteiger charge is 2.22. The predicted octanol–water partition coefficient (Wildman–Crippen LogP) is 1.27. The zero-order valence-corrected chi connectivity index (χ0v) is 13.8. The predicted molar refractivity (Wildman–Crippen MR) is 85.0 cm³/mol. The zero-order chi connectivity index (χ0) is 18.3. The van der Waals surface area contributed by atoms with Gasteiger partial charge in [0.05, 0.1) is 27.0 Å². The smallest absolute Gasteiger partial charge is 0.326 e. The van der Waals surface area contributed by atoms with Crippen LogP contribution in [0.4, 0.5) is 10.5 Å². The van der Waals surface area contributed by atoms with Gasteiger partial charge in [-0.1, -0.05) is 0 Å². The number of hydrogen-bond donors (Lipinski definition) is 3. The Hall–Kier alpha value is -2.97. The van der Waals surface area contributed by atoms with Crippen LogP contribution in [0.3, 0.4) is 0 Å². The summed E-state index contributed by atoms with van der Waals surface area (Å²) in [5, 5.41) is 13.7. The number of methoxy groups -OCH3 is 3. The van der Waals surface area contributed by atoms with Gasteiger partial charge in [0.25, 0.3) is 0 Å². The number of ketones is 1. The number of carbonyl (C=O) groups excluding carboxylic acids is 2. The maximum Gasteiger partial charge on any atom is 0.326 e. The number of nitrogens with one attached hydrogen (secondary N) is 2. The Morgan fingerprint density at radius 3 is 2.00 bits per heavy atom. The van der Waals surface area contributed by atoms with E-state index in [-0.39, 0.29) is 12.2 Å². The fourth-order valence-corrected chi connectivity index (χ4v) is 1.97. The first kappa shape index (κ1) is 19.1. The Morgan fingerprint density at radius 1 is 1.08 bits per heavy atom. The molecule has 0 aliphatic heterocycles. The molecule has 3 N–H and O–H groups in total. The van der Waals surface area contributed by atoms with Crippen LogP contribution in [0.5, 0.6) is 17.2 Å². The molecular formula is C15H20N2O7. The van der Waals surface area contributed by atoms with Crippen molar-refractivity contribution in [3.63, 3.8) is 0 Å². The van der Waals surface area contributed by atoms with Gasteiger partial charge in [0, 0.05) is 18.6 Å². The molecule has 1 rings (SSSR count). The topological polar surface area (TPSA) is 123 Å². The number of ether oxygens (including phenoxy) is 3. The largest absolute Gasteiger partial charge is 0.493 e. The molecule has 0 saturated carbocycles. The summed E-state index contributed by atoms with van der Waals surface area (Å²) >= 11 is 0. The number of aliphatic carboxylic acids is 1. The maximum atomic E-state index is 12.0. The van der Waals surface area contributed by atoms with Gasteiger partial charge in [-0.05, 0) is 6.92 Å². The van der Waals surface area contributed by atoms with Crippen LogP contribution in [0.25, 0.3) is 0 Å². The molecule has 1 atom stereocenters. The van der Waals surface area contributed by atoms with Crippen molar-refractivity contribution >= 4 is 23.5 Å². The monoisotopic (exact) mass is 340 g/mol. The molecule has 1 aromatic carbocycles. The molecule has 0 radical (unpaired) electrons. The van der Waals surface area contributed by atoms with Crippen molar-refractivity contribution in [3.05, 3.63) is 12.1 Å². The summed E-state index contributed by atoms with van der Waals surface area (Å²) in [4.78, 5) is 34.1. The fourth-order valence-electron chi connectivity index (χ4n) is 1.97. The second-order valence-electron chi connectivity index (χ2n) is 4.81. The van der Waals surface area contributed by atoms with Crippen LogP contribution in [-0.4, -0.2) is 50.3 Å². The van der Waals surface area contributed by atoms with Crippen LogP contribution >= 0.6 is 0 Å². The van der Waals surface area contributed by atoms with Crippen molar-refractivity contribution in [1.82, 2.24) is 5.32 Å². The summed E-state index contributed by atoms with van der Waals surface area (Å²) in [7, 11) is 4.29. The lowest BCUT2D eigenvalue weighted by Crippen LogP contribution is -2.44. The lowest BCUT2D eigenvalue weighted by atomic mass is 10.1.